The molecule has 0 spiro atoms. The minimum Gasteiger partial charge on any atom is -0.494 e. The van der Waals surface area contributed by atoms with E-state index >= 15 is 0 Å². The van der Waals surface area contributed by atoms with Gasteiger partial charge in [-0.15, -0.1) is 11.3 Å². The summed E-state index contributed by atoms with van der Waals surface area (Å²) in [6.45, 7) is 6.27. The zero-order chi connectivity index (χ0) is 20.1. The first kappa shape index (κ1) is 19.6. The Morgan fingerprint density at radius 1 is 1.17 bits per heavy atom. The lowest BCUT2D eigenvalue weighted by Crippen LogP contribution is -2.48. The summed E-state index contributed by atoms with van der Waals surface area (Å²) < 4.78 is 11.0. The van der Waals surface area contributed by atoms with E-state index in [1.165, 1.54) is 0 Å². The van der Waals surface area contributed by atoms with E-state index in [0.29, 0.717) is 43.5 Å². The summed E-state index contributed by atoms with van der Waals surface area (Å²) in [6, 6.07) is 11.3. The van der Waals surface area contributed by atoms with E-state index in [4.69, 9.17) is 9.26 Å². The number of amides is 1. The Balaban J connectivity index is 1.28. The molecule has 4 rings (SSSR count). The molecule has 0 atom stereocenters. The van der Waals surface area contributed by atoms with Gasteiger partial charge in [-0.25, -0.2) is 0 Å². The summed E-state index contributed by atoms with van der Waals surface area (Å²) in [5.74, 6) is 2.10. The Bertz CT molecular complexity index is 916. The Hall–Kier alpha value is -2.71. The fourth-order valence-corrected chi connectivity index (χ4v) is 3.87. The summed E-state index contributed by atoms with van der Waals surface area (Å²) in [4.78, 5) is 22.4. The molecular weight excluding hydrogens is 388 g/mol. The maximum atomic E-state index is 12.8. The smallest absolute Gasteiger partial charge is 0.253 e. The first-order chi connectivity index (χ1) is 14.2. The zero-order valence-corrected chi connectivity index (χ0v) is 17.2. The van der Waals surface area contributed by atoms with Gasteiger partial charge in [-0.05, 0) is 42.1 Å². The van der Waals surface area contributed by atoms with Crippen molar-refractivity contribution in [2.24, 2.45) is 0 Å². The van der Waals surface area contributed by atoms with E-state index in [0.717, 1.165) is 30.1 Å². The summed E-state index contributed by atoms with van der Waals surface area (Å²) in [5, 5.41) is 6.05. The van der Waals surface area contributed by atoms with Crippen molar-refractivity contribution < 1.29 is 14.1 Å². The molecule has 3 aromatic rings. The Kier molecular flexibility index (Phi) is 6.21. The summed E-state index contributed by atoms with van der Waals surface area (Å²) in [7, 11) is 0. The van der Waals surface area contributed by atoms with Crippen LogP contribution >= 0.6 is 11.3 Å². The lowest BCUT2D eigenvalue weighted by Gasteiger charge is -2.34. The third-order valence-electron chi connectivity index (χ3n) is 4.80. The van der Waals surface area contributed by atoms with Crippen LogP contribution in [0, 0.1) is 0 Å². The minimum atomic E-state index is 0.0597. The molecule has 3 heterocycles. The van der Waals surface area contributed by atoms with Gasteiger partial charge in [0.25, 0.3) is 5.91 Å². The highest BCUT2D eigenvalue weighted by Gasteiger charge is 2.23. The summed E-state index contributed by atoms with van der Waals surface area (Å²) in [5.41, 5.74) is 0.694. The molecule has 0 radical (unpaired) electrons. The molecule has 0 aliphatic carbocycles. The Morgan fingerprint density at radius 2 is 1.97 bits per heavy atom. The molecule has 1 aliphatic heterocycles. The van der Waals surface area contributed by atoms with Crippen LogP contribution < -0.4 is 4.74 Å². The second-order valence-corrected chi connectivity index (χ2v) is 7.88. The van der Waals surface area contributed by atoms with Crippen LogP contribution in [-0.4, -0.2) is 58.6 Å². The SMILES string of the molecule is CCCOc1ccc(C(=O)N2CCN(Cc3nc(-c4cccs4)no3)CC2)cc1. The van der Waals surface area contributed by atoms with Crippen LogP contribution in [-0.2, 0) is 6.54 Å². The van der Waals surface area contributed by atoms with Crippen LogP contribution in [0.1, 0.15) is 29.6 Å². The maximum absolute atomic E-state index is 12.8. The second-order valence-electron chi connectivity index (χ2n) is 6.93. The highest BCUT2D eigenvalue weighted by atomic mass is 32.1. The van der Waals surface area contributed by atoms with Gasteiger partial charge in [0.2, 0.25) is 11.7 Å². The molecule has 1 amide bonds. The lowest BCUT2D eigenvalue weighted by atomic mass is 10.1. The molecule has 1 aliphatic rings. The first-order valence-electron chi connectivity index (χ1n) is 9.84. The predicted octanol–water partition coefficient (Wildman–Crippen LogP) is 3.54. The normalized spacial score (nSPS) is 14.9. The van der Waals surface area contributed by atoms with Gasteiger partial charge in [0.05, 0.1) is 18.0 Å². The number of carbonyl (C=O) groups excluding carboxylic acids is 1. The molecule has 1 saturated heterocycles. The van der Waals surface area contributed by atoms with Gasteiger partial charge in [-0.1, -0.05) is 18.1 Å². The van der Waals surface area contributed by atoms with Gasteiger partial charge in [-0.3, -0.25) is 9.69 Å². The molecule has 0 saturated carbocycles. The fourth-order valence-electron chi connectivity index (χ4n) is 3.22. The number of aromatic nitrogens is 2. The largest absolute Gasteiger partial charge is 0.494 e. The molecule has 0 N–H and O–H groups in total. The van der Waals surface area contributed by atoms with Crippen molar-refractivity contribution in [3.63, 3.8) is 0 Å². The van der Waals surface area contributed by atoms with Crippen molar-refractivity contribution in [3.8, 4) is 16.5 Å². The van der Waals surface area contributed by atoms with Gasteiger partial charge in [0.15, 0.2) is 0 Å². The van der Waals surface area contributed by atoms with Crippen molar-refractivity contribution in [2.45, 2.75) is 19.9 Å². The minimum absolute atomic E-state index is 0.0597. The van der Waals surface area contributed by atoms with Gasteiger partial charge < -0.3 is 14.2 Å². The lowest BCUT2D eigenvalue weighted by molar-refractivity contribution is 0.0615. The number of nitrogens with zero attached hydrogens (tertiary/aromatic N) is 4. The molecule has 1 fully saturated rings. The summed E-state index contributed by atoms with van der Waals surface area (Å²) in [6.07, 6.45) is 0.962. The van der Waals surface area contributed by atoms with Gasteiger partial charge in [0, 0.05) is 31.7 Å². The fraction of sp³-hybridized carbons (Fsp3) is 0.381. The maximum Gasteiger partial charge on any atom is 0.253 e. The number of piperazine rings is 1. The number of benzene rings is 1. The van der Waals surface area contributed by atoms with Gasteiger partial charge in [0.1, 0.15) is 5.75 Å². The van der Waals surface area contributed by atoms with Crippen molar-refractivity contribution in [1.29, 1.82) is 0 Å². The van der Waals surface area contributed by atoms with Crippen molar-refractivity contribution >= 4 is 17.2 Å². The number of rotatable bonds is 7. The number of hydrogen-bond acceptors (Lipinski definition) is 7. The molecule has 152 valence electrons. The second kappa shape index (κ2) is 9.19. The zero-order valence-electron chi connectivity index (χ0n) is 16.4. The van der Waals surface area contributed by atoms with E-state index < -0.39 is 0 Å². The van der Waals surface area contributed by atoms with Crippen LogP contribution in [0.2, 0.25) is 0 Å². The molecule has 29 heavy (non-hydrogen) atoms. The van der Waals surface area contributed by atoms with E-state index in [1.807, 2.05) is 46.7 Å². The van der Waals surface area contributed by atoms with Crippen LogP contribution in [0.25, 0.3) is 10.7 Å². The number of ether oxygens (including phenoxy) is 1. The predicted molar refractivity (Wildman–Crippen MR) is 111 cm³/mol. The third kappa shape index (κ3) is 4.83. The molecular formula is C21H24N4O3S. The van der Waals surface area contributed by atoms with Crippen molar-refractivity contribution in [2.75, 3.05) is 32.8 Å². The van der Waals surface area contributed by atoms with Crippen LogP contribution in [0.15, 0.2) is 46.3 Å². The number of carbonyl (C=O) groups is 1. The van der Waals surface area contributed by atoms with Crippen LogP contribution in [0.5, 0.6) is 5.75 Å². The first-order valence-corrected chi connectivity index (χ1v) is 10.7. The average Bonchev–Trinajstić information content (AvgIpc) is 3.45. The van der Waals surface area contributed by atoms with Crippen LogP contribution in [0.4, 0.5) is 0 Å². The molecule has 1 aromatic carbocycles. The standard InChI is InChI=1S/C21H24N4O3S/c1-2-13-27-17-7-5-16(6-8-17)21(26)25-11-9-24(10-12-25)15-19-22-20(23-28-19)18-4-3-14-29-18/h3-8,14H,2,9-13,15H2,1H3. The quantitative estimate of drug-likeness (QED) is 0.591. The van der Waals surface area contributed by atoms with E-state index in [9.17, 15) is 4.79 Å². The third-order valence-corrected chi connectivity index (χ3v) is 5.67. The Labute approximate surface area is 173 Å². The van der Waals surface area contributed by atoms with Crippen LogP contribution in [0.3, 0.4) is 0 Å². The number of hydrogen-bond donors (Lipinski definition) is 0. The van der Waals surface area contributed by atoms with E-state index in [-0.39, 0.29) is 5.91 Å². The average molecular weight is 413 g/mol. The molecule has 7 nitrogen and oxygen atoms in total. The highest BCUT2D eigenvalue weighted by molar-refractivity contribution is 7.13. The Morgan fingerprint density at radius 3 is 2.66 bits per heavy atom. The van der Waals surface area contributed by atoms with Crippen molar-refractivity contribution in [1.82, 2.24) is 19.9 Å². The topological polar surface area (TPSA) is 71.7 Å². The molecule has 8 heteroatoms. The van der Waals surface area contributed by atoms with Gasteiger partial charge >= 0.3 is 0 Å². The van der Waals surface area contributed by atoms with Crippen molar-refractivity contribution in [3.05, 3.63) is 53.2 Å². The molecule has 2 aromatic heterocycles. The van der Waals surface area contributed by atoms with Gasteiger partial charge in [-0.2, -0.15) is 4.98 Å². The summed E-state index contributed by atoms with van der Waals surface area (Å²) >= 11 is 1.59. The van der Waals surface area contributed by atoms with E-state index in [1.54, 1.807) is 11.3 Å². The number of thiophene rings is 1. The molecule has 0 bridgehead atoms. The monoisotopic (exact) mass is 412 g/mol. The molecule has 0 unspecified atom stereocenters. The van der Waals surface area contributed by atoms with E-state index in [2.05, 4.69) is 22.0 Å². The highest BCUT2D eigenvalue weighted by Crippen LogP contribution is 2.22.